The fourth-order valence-electron chi connectivity index (χ4n) is 3.14. The van der Waals surface area contributed by atoms with E-state index in [9.17, 15) is 31.5 Å². The van der Waals surface area contributed by atoms with Crippen LogP contribution in [0.15, 0.2) is 71.5 Å². The summed E-state index contributed by atoms with van der Waals surface area (Å²) < 4.78 is 72.2. The molecule has 1 aliphatic rings. The Kier molecular flexibility index (Phi) is 7.22. The van der Waals surface area contributed by atoms with Gasteiger partial charge >= 0.3 is 12.1 Å². The van der Waals surface area contributed by atoms with Crippen molar-refractivity contribution < 1.29 is 41.4 Å². The van der Waals surface area contributed by atoms with Crippen LogP contribution in [0.4, 0.5) is 22.0 Å². The number of nitrogens with one attached hydrogen (secondary N) is 1. The summed E-state index contributed by atoms with van der Waals surface area (Å²) in [7, 11) is 1.33. The summed E-state index contributed by atoms with van der Waals surface area (Å²) in [6.07, 6.45) is -7.87. The Hall–Kier alpha value is -4.22. The van der Waals surface area contributed by atoms with Gasteiger partial charge < -0.3 is 15.2 Å². The van der Waals surface area contributed by atoms with E-state index in [1.165, 1.54) is 37.4 Å². The zero-order chi connectivity index (χ0) is 25.9. The van der Waals surface area contributed by atoms with Gasteiger partial charge in [-0.3, -0.25) is 9.80 Å². The second-order valence-electron chi connectivity index (χ2n) is 7.34. The Morgan fingerprint density at radius 2 is 1.77 bits per heavy atom. The van der Waals surface area contributed by atoms with E-state index in [4.69, 9.17) is 9.84 Å². The number of benzene rings is 2. The molecule has 0 saturated carbocycles. The van der Waals surface area contributed by atoms with Crippen LogP contribution in [0.3, 0.4) is 0 Å². The van der Waals surface area contributed by atoms with Crippen molar-refractivity contribution in [1.82, 2.24) is 10.3 Å². The Morgan fingerprint density at radius 3 is 2.34 bits per heavy atom. The zero-order valence-electron chi connectivity index (χ0n) is 18.1. The predicted molar refractivity (Wildman–Crippen MR) is 116 cm³/mol. The van der Waals surface area contributed by atoms with Gasteiger partial charge in [-0.15, -0.1) is 0 Å². The van der Waals surface area contributed by atoms with Crippen LogP contribution in [0, 0.1) is 0 Å². The molecule has 0 radical (unpaired) electrons. The maximum Gasteiger partial charge on any atom is 0.416 e. The SMILES string of the molecule is C=C(NC(=O)C1=C(Oc2cccc(C(F)(F)F)c2)CN(C)N=C1C(F)F)c1ccc(C(=O)O)cc1. The molecular formula is C23H18F5N3O4. The number of hydrogen-bond donors (Lipinski definition) is 2. The highest BCUT2D eigenvalue weighted by atomic mass is 19.4. The van der Waals surface area contributed by atoms with Gasteiger partial charge in [-0.1, -0.05) is 24.8 Å². The summed E-state index contributed by atoms with van der Waals surface area (Å²) in [5.74, 6) is -2.90. The van der Waals surface area contributed by atoms with Crippen molar-refractivity contribution >= 4 is 23.3 Å². The van der Waals surface area contributed by atoms with Crippen LogP contribution in [0.1, 0.15) is 21.5 Å². The lowest BCUT2D eigenvalue weighted by molar-refractivity contribution is -0.137. The first-order chi connectivity index (χ1) is 16.4. The van der Waals surface area contributed by atoms with Crippen LogP contribution >= 0.6 is 0 Å². The molecule has 1 amide bonds. The van der Waals surface area contributed by atoms with Gasteiger partial charge in [0.15, 0.2) is 0 Å². The Morgan fingerprint density at radius 1 is 1.14 bits per heavy atom. The maximum absolute atomic E-state index is 13.8. The van der Waals surface area contributed by atoms with E-state index in [2.05, 4.69) is 17.0 Å². The van der Waals surface area contributed by atoms with E-state index in [0.717, 1.165) is 17.1 Å². The normalized spacial score (nSPS) is 14.0. The van der Waals surface area contributed by atoms with Crippen LogP contribution in [0.25, 0.3) is 5.70 Å². The molecule has 0 aromatic heterocycles. The third kappa shape index (κ3) is 6.02. The van der Waals surface area contributed by atoms with Crippen LogP contribution in [0.2, 0.25) is 0 Å². The van der Waals surface area contributed by atoms with Crippen molar-refractivity contribution in [2.24, 2.45) is 5.10 Å². The smallest absolute Gasteiger partial charge is 0.416 e. The first-order valence-corrected chi connectivity index (χ1v) is 9.87. The third-order valence-electron chi connectivity index (χ3n) is 4.77. The van der Waals surface area contributed by atoms with Crippen molar-refractivity contribution in [2.75, 3.05) is 13.6 Å². The standard InChI is InChI=1S/C23H18F5N3O4/c1-12(13-6-8-14(9-7-13)22(33)34)29-21(32)18-17(11-31(2)30-19(18)20(24)25)35-16-5-3-4-15(10-16)23(26,27)28/h3-10,20H,1,11H2,2H3,(H,29,32)(H,33,34). The minimum atomic E-state index is -4.67. The lowest BCUT2D eigenvalue weighted by atomic mass is 10.1. The van der Waals surface area contributed by atoms with E-state index in [-0.39, 0.29) is 29.3 Å². The van der Waals surface area contributed by atoms with Crippen molar-refractivity contribution in [3.63, 3.8) is 0 Å². The summed E-state index contributed by atoms with van der Waals surface area (Å²) in [6, 6.07) is 9.00. The van der Waals surface area contributed by atoms with Gasteiger partial charge in [-0.2, -0.15) is 18.3 Å². The molecule has 184 valence electrons. The number of hydrazone groups is 1. The molecule has 1 heterocycles. The number of rotatable bonds is 7. The first-order valence-electron chi connectivity index (χ1n) is 9.87. The number of aromatic carboxylic acids is 1. The molecule has 1 aliphatic heterocycles. The molecule has 2 N–H and O–H groups in total. The Labute approximate surface area is 195 Å². The van der Waals surface area contributed by atoms with Crippen molar-refractivity contribution in [3.05, 3.63) is 83.1 Å². The zero-order valence-corrected chi connectivity index (χ0v) is 18.1. The topological polar surface area (TPSA) is 91.2 Å². The summed E-state index contributed by atoms with van der Waals surface area (Å²) in [5, 5.41) is 16.0. The van der Waals surface area contributed by atoms with Crippen LogP contribution in [-0.2, 0) is 11.0 Å². The minimum absolute atomic E-state index is 0.0187. The molecule has 0 aliphatic carbocycles. The molecule has 0 saturated heterocycles. The van der Waals surface area contributed by atoms with E-state index in [1.807, 2.05) is 0 Å². The average molecular weight is 495 g/mol. The van der Waals surface area contributed by atoms with Crippen LogP contribution in [0.5, 0.6) is 5.75 Å². The highest BCUT2D eigenvalue weighted by Crippen LogP contribution is 2.32. The summed E-state index contributed by atoms with van der Waals surface area (Å²) in [6.45, 7) is 3.38. The van der Waals surface area contributed by atoms with E-state index in [0.29, 0.717) is 11.6 Å². The quantitative estimate of drug-likeness (QED) is 0.556. The lowest BCUT2D eigenvalue weighted by Gasteiger charge is -2.26. The molecule has 2 aromatic carbocycles. The summed E-state index contributed by atoms with van der Waals surface area (Å²) in [5.41, 5.74) is -2.37. The monoisotopic (exact) mass is 495 g/mol. The largest absolute Gasteiger partial charge is 0.478 e. The number of carbonyl (C=O) groups excluding carboxylic acids is 1. The summed E-state index contributed by atoms with van der Waals surface area (Å²) >= 11 is 0. The van der Waals surface area contributed by atoms with Gasteiger partial charge in [0.2, 0.25) is 0 Å². The van der Waals surface area contributed by atoms with Gasteiger partial charge in [0, 0.05) is 12.7 Å². The van der Waals surface area contributed by atoms with E-state index < -0.39 is 41.3 Å². The first kappa shape index (κ1) is 25.4. The van der Waals surface area contributed by atoms with Crippen molar-refractivity contribution in [1.29, 1.82) is 0 Å². The van der Waals surface area contributed by atoms with Gasteiger partial charge in [-0.25, -0.2) is 13.6 Å². The maximum atomic E-state index is 13.8. The molecule has 35 heavy (non-hydrogen) atoms. The Bertz CT molecular complexity index is 1220. The molecule has 0 spiro atoms. The van der Waals surface area contributed by atoms with Crippen LogP contribution in [-0.4, -0.2) is 47.7 Å². The number of carboxylic acid groups (broad SMARTS) is 1. The number of ether oxygens (including phenoxy) is 1. The number of likely N-dealkylation sites (N-methyl/N-ethyl adjacent to an activating group) is 1. The summed E-state index contributed by atoms with van der Waals surface area (Å²) in [4.78, 5) is 24.0. The lowest BCUT2D eigenvalue weighted by Crippen LogP contribution is -2.38. The second-order valence-corrected chi connectivity index (χ2v) is 7.34. The van der Waals surface area contributed by atoms with Gasteiger partial charge in [0.25, 0.3) is 12.3 Å². The van der Waals surface area contributed by atoms with E-state index >= 15 is 0 Å². The average Bonchev–Trinajstić information content (AvgIpc) is 2.78. The molecule has 0 unspecified atom stereocenters. The molecule has 0 fully saturated rings. The Balaban J connectivity index is 1.95. The third-order valence-corrected chi connectivity index (χ3v) is 4.77. The van der Waals surface area contributed by atoms with Crippen molar-refractivity contribution in [2.45, 2.75) is 12.6 Å². The highest BCUT2D eigenvalue weighted by molar-refractivity contribution is 6.24. The molecule has 2 aromatic rings. The van der Waals surface area contributed by atoms with Gasteiger partial charge in [0.1, 0.15) is 22.8 Å². The molecule has 3 rings (SSSR count). The van der Waals surface area contributed by atoms with Crippen molar-refractivity contribution in [3.8, 4) is 5.75 Å². The van der Waals surface area contributed by atoms with Crippen LogP contribution < -0.4 is 10.1 Å². The van der Waals surface area contributed by atoms with Gasteiger partial charge in [0.05, 0.1) is 17.7 Å². The molecule has 7 nitrogen and oxygen atoms in total. The number of amides is 1. The number of carboxylic acids is 1. The molecule has 0 atom stereocenters. The number of hydrogen-bond acceptors (Lipinski definition) is 5. The molecule has 12 heteroatoms. The van der Waals surface area contributed by atoms with Gasteiger partial charge in [-0.05, 0) is 35.9 Å². The number of nitrogens with zero attached hydrogens (tertiary/aromatic N) is 2. The fourth-order valence-corrected chi connectivity index (χ4v) is 3.14. The predicted octanol–water partition coefficient (Wildman–Crippen LogP) is 4.39. The number of carbonyl (C=O) groups is 2. The number of alkyl halides is 5. The van der Waals surface area contributed by atoms with E-state index in [1.54, 1.807) is 0 Å². The highest BCUT2D eigenvalue weighted by Gasteiger charge is 2.34. The minimum Gasteiger partial charge on any atom is -0.478 e. The second kappa shape index (κ2) is 9.95. The molecular weight excluding hydrogens is 477 g/mol. The molecule has 0 bridgehead atoms. The fraction of sp³-hybridized carbons (Fsp3) is 0.174. The number of halogens is 5.